The van der Waals surface area contributed by atoms with Gasteiger partial charge in [0.1, 0.15) is 11.0 Å². The number of piperidine rings is 1. The molecule has 7 nitrogen and oxygen atoms in total. The minimum absolute atomic E-state index is 0.00531. The van der Waals surface area contributed by atoms with Gasteiger partial charge in [-0.15, -0.1) is 5.10 Å². The first kappa shape index (κ1) is 15.8. The fraction of sp³-hybridized carbons (Fsp3) is 0.533. The summed E-state index contributed by atoms with van der Waals surface area (Å²) in [6.45, 7) is 3.34. The molecule has 1 aliphatic rings. The molecule has 0 spiro atoms. The Morgan fingerprint density at radius 3 is 3.04 bits per heavy atom. The highest BCUT2D eigenvalue weighted by molar-refractivity contribution is 7.08. The van der Waals surface area contributed by atoms with E-state index in [1.807, 2.05) is 4.90 Å². The van der Waals surface area contributed by atoms with Crippen LogP contribution in [0.3, 0.4) is 0 Å². The maximum absolute atomic E-state index is 12.7. The number of nitrogens with zero attached hydrogens (tertiary/aromatic N) is 5. The molecule has 0 radical (unpaired) electrons. The van der Waals surface area contributed by atoms with Crippen molar-refractivity contribution in [1.82, 2.24) is 24.5 Å². The smallest absolute Gasteiger partial charge is 0.316 e. The molecule has 8 heteroatoms. The fourth-order valence-corrected chi connectivity index (χ4v) is 3.31. The first-order valence-electron chi connectivity index (χ1n) is 7.82. The van der Waals surface area contributed by atoms with Crippen LogP contribution in [0.2, 0.25) is 0 Å². The standard InChI is InChI=1S/C15H19N5O2S/c1-2-5-12-13(23-19-18-12)14(21)20-9-3-6-11(10-20)22-15-16-7-4-8-17-15/h4,7-8,11H,2-3,5-6,9-10H2,1H3. The van der Waals surface area contributed by atoms with Crippen LogP contribution in [-0.2, 0) is 6.42 Å². The Hall–Kier alpha value is -2.09. The summed E-state index contributed by atoms with van der Waals surface area (Å²) in [7, 11) is 0. The summed E-state index contributed by atoms with van der Waals surface area (Å²) in [6, 6.07) is 2.10. The van der Waals surface area contributed by atoms with Crippen molar-refractivity contribution in [2.45, 2.75) is 38.7 Å². The van der Waals surface area contributed by atoms with Crippen molar-refractivity contribution in [3.05, 3.63) is 29.0 Å². The first-order chi connectivity index (χ1) is 11.3. The fourth-order valence-electron chi connectivity index (χ4n) is 2.63. The Balaban J connectivity index is 1.66. The Kier molecular flexibility index (Phi) is 5.12. The first-order valence-corrected chi connectivity index (χ1v) is 8.59. The lowest BCUT2D eigenvalue weighted by Gasteiger charge is -2.32. The number of likely N-dealkylation sites (tertiary alicyclic amines) is 1. The van der Waals surface area contributed by atoms with Crippen LogP contribution in [0.4, 0.5) is 0 Å². The molecule has 23 heavy (non-hydrogen) atoms. The number of hydrogen-bond acceptors (Lipinski definition) is 7. The van der Waals surface area contributed by atoms with Crippen LogP contribution >= 0.6 is 11.5 Å². The summed E-state index contributed by atoms with van der Waals surface area (Å²) in [6.07, 6.45) is 6.74. The topological polar surface area (TPSA) is 81.1 Å². The van der Waals surface area contributed by atoms with Crippen molar-refractivity contribution in [3.8, 4) is 6.01 Å². The number of rotatable bonds is 5. The van der Waals surface area contributed by atoms with E-state index in [1.54, 1.807) is 18.5 Å². The second kappa shape index (κ2) is 7.45. The molecular weight excluding hydrogens is 314 g/mol. The molecule has 1 atom stereocenters. The monoisotopic (exact) mass is 333 g/mol. The molecule has 0 bridgehead atoms. The van der Waals surface area contributed by atoms with Crippen molar-refractivity contribution in [3.63, 3.8) is 0 Å². The highest BCUT2D eigenvalue weighted by Crippen LogP contribution is 2.20. The van der Waals surface area contributed by atoms with Crippen molar-refractivity contribution < 1.29 is 9.53 Å². The average molecular weight is 333 g/mol. The van der Waals surface area contributed by atoms with Crippen LogP contribution in [0.25, 0.3) is 0 Å². The van der Waals surface area contributed by atoms with Gasteiger partial charge in [0.2, 0.25) is 0 Å². The van der Waals surface area contributed by atoms with Crippen LogP contribution in [0.15, 0.2) is 18.5 Å². The van der Waals surface area contributed by atoms with Crippen molar-refractivity contribution in [2.24, 2.45) is 0 Å². The van der Waals surface area contributed by atoms with E-state index >= 15 is 0 Å². The number of carbonyl (C=O) groups excluding carboxylic acids is 1. The number of amides is 1. The molecule has 1 aliphatic heterocycles. The molecule has 0 aromatic carbocycles. The highest BCUT2D eigenvalue weighted by Gasteiger charge is 2.28. The van der Waals surface area contributed by atoms with Gasteiger partial charge in [-0.05, 0) is 36.9 Å². The van der Waals surface area contributed by atoms with Crippen molar-refractivity contribution in [2.75, 3.05) is 13.1 Å². The zero-order chi connectivity index (χ0) is 16.1. The van der Waals surface area contributed by atoms with E-state index in [2.05, 4.69) is 26.5 Å². The van der Waals surface area contributed by atoms with Gasteiger partial charge in [-0.2, -0.15) is 0 Å². The zero-order valence-electron chi connectivity index (χ0n) is 13.0. The second-order valence-electron chi connectivity index (χ2n) is 5.46. The number of carbonyl (C=O) groups is 1. The lowest BCUT2D eigenvalue weighted by molar-refractivity contribution is 0.0519. The quantitative estimate of drug-likeness (QED) is 0.832. The van der Waals surface area contributed by atoms with E-state index < -0.39 is 0 Å². The molecule has 0 saturated carbocycles. The maximum atomic E-state index is 12.7. The number of hydrogen-bond donors (Lipinski definition) is 0. The Morgan fingerprint density at radius 2 is 2.26 bits per heavy atom. The van der Waals surface area contributed by atoms with Crippen LogP contribution in [0, 0.1) is 0 Å². The summed E-state index contributed by atoms with van der Waals surface area (Å²) >= 11 is 1.18. The molecule has 3 heterocycles. The summed E-state index contributed by atoms with van der Waals surface area (Å²) < 4.78 is 9.72. The Labute approximate surface area is 138 Å². The normalized spacial score (nSPS) is 18.0. The van der Waals surface area contributed by atoms with Gasteiger partial charge in [-0.1, -0.05) is 17.8 Å². The highest BCUT2D eigenvalue weighted by atomic mass is 32.1. The largest absolute Gasteiger partial charge is 0.458 e. The summed E-state index contributed by atoms with van der Waals surface area (Å²) in [4.78, 5) is 23.4. The van der Waals surface area contributed by atoms with Crippen LogP contribution in [0.1, 0.15) is 41.6 Å². The van der Waals surface area contributed by atoms with Gasteiger partial charge in [0.15, 0.2) is 0 Å². The maximum Gasteiger partial charge on any atom is 0.316 e. The predicted molar refractivity (Wildman–Crippen MR) is 85.5 cm³/mol. The molecule has 0 N–H and O–H groups in total. The van der Waals surface area contributed by atoms with Crippen molar-refractivity contribution in [1.29, 1.82) is 0 Å². The lowest BCUT2D eigenvalue weighted by Crippen LogP contribution is -2.44. The zero-order valence-corrected chi connectivity index (χ0v) is 13.8. The molecule has 3 rings (SSSR count). The molecular formula is C15H19N5O2S. The molecule has 1 fully saturated rings. The molecule has 2 aromatic heterocycles. The third kappa shape index (κ3) is 3.82. The predicted octanol–water partition coefficient (Wildman–Crippen LogP) is 1.96. The molecule has 2 aromatic rings. The van der Waals surface area contributed by atoms with E-state index in [4.69, 9.17) is 4.74 Å². The number of ether oxygens (including phenoxy) is 1. The lowest BCUT2D eigenvalue weighted by atomic mass is 10.1. The summed E-state index contributed by atoms with van der Waals surface area (Å²) in [5, 5.41) is 4.08. The van der Waals surface area contributed by atoms with E-state index in [0.717, 1.165) is 37.9 Å². The molecule has 1 amide bonds. The Morgan fingerprint density at radius 1 is 1.43 bits per heavy atom. The minimum Gasteiger partial charge on any atom is -0.458 e. The number of aromatic nitrogens is 4. The van der Waals surface area contributed by atoms with Crippen LogP contribution in [0.5, 0.6) is 6.01 Å². The summed E-state index contributed by atoms with van der Waals surface area (Å²) in [5.74, 6) is 0.00531. The van der Waals surface area contributed by atoms with E-state index in [0.29, 0.717) is 17.4 Å². The third-order valence-corrected chi connectivity index (χ3v) is 4.47. The van der Waals surface area contributed by atoms with Gasteiger partial charge < -0.3 is 9.64 Å². The molecule has 1 saturated heterocycles. The Bertz CT molecular complexity index is 648. The van der Waals surface area contributed by atoms with E-state index in [-0.39, 0.29) is 12.0 Å². The van der Waals surface area contributed by atoms with Crippen LogP contribution < -0.4 is 4.74 Å². The van der Waals surface area contributed by atoms with E-state index in [1.165, 1.54) is 11.5 Å². The van der Waals surface area contributed by atoms with Gasteiger partial charge in [0, 0.05) is 18.9 Å². The number of aryl methyl sites for hydroxylation is 1. The van der Waals surface area contributed by atoms with E-state index in [9.17, 15) is 4.79 Å². The average Bonchev–Trinajstić information content (AvgIpc) is 3.04. The van der Waals surface area contributed by atoms with Gasteiger partial charge in [-0.3, -0.25) is 4.79 Å². The van der Waals surface area contributed by atoms with Gasteiger partial charge in [-0.25, -0.2) is 9.97 Å². The molecule has 122 valence electrons. The van der Waals surface area contributed by atoms with Crippen molar-refractivity contribution >= 4 is 17.4 Å². The third-order valence-electron chi connectivity index (χ3n) is 3.72. The van der Waals surface area contributed by atoms with Gasteiger partial charge >= 0.3 is 6.01 Å². The van der Waals surface area contributed by atoms with Crippen LogP contribution in [-0.4, -0.2) is 49.6 Å². The molecule has 1 unspecified atom stereocenters. The SMILES string of the molecule is CCCc1nnsc1C(=O)N1CCCC(Oc2ncccn2)C1. The van der Waals surface area contributed by atoms with Gasteiger partial charge in [0.05, 0.1) is 12.2 Å². The summed E-state index contributed by atoms with van der Waals surface area (Å²) in [5.41, 5.74) is 0.803. The second-order valence-corrected chi connectivity index (χ2v) is 6.22. The molecule has 0 aliphatic carbocycles. The minimum atomic E-state index is -0.0781. The van der Waals surface area contributed by atoms with Gasteiger partial charge in [0.25, 0.3) is 5.91 Å².